The van der Waals surface area contributed by atoms with Crippen LogP contribution in [0.1, 0.15) is 10.4 Å². The van der Waals surface area contributed by atoms with E-state index in [0.29, 0.717) is 0 Å². The van der Waals surface area contributed by atoms with Gasteiger partial charge in [-0.05, 0) is 18.2 Å². The third-order valence-corrected chi connectivity index (χ3v) is 2.19. The molecule has 1 heterocycles. The fraction of sp³-hybridized carbons (Fsp3) is 0. The zero-order valence-corrected chi connectivity index (χ0v) is 8.95. The van der Waals surface area contributed by atoms with E-state index in [9.17, 15) is 18.0 Å². The molecule has 0 saturated heterocycles. The van der Waals surface area contributed by atoms with Gasteiger partial charge in [0.25, 0.3) is 5.91 Å². The van der Waals surface area contributed by atoms with Gasteiger partial charge in [-0.1, -0.05) is 0 Å². The number of hydrogen-bond donors (Lipinski definition) is 1. The standard InChI is InChI=1S/C12H7F3N2O/c13-9-2-1-7(5-10(9)14)17-12(18)8-3-4-16-6-11(8)15/h1-6H,(H,17,18). The molecular weight excluding hydrogens is 245 g/mol. The number of benzene rings is 1. The van der Waals surface area contributed by atoms with Crippen molar-refractivity contribution in [2.75, 3.05) is 5.32 Å². The number of hydrogen-bond acceptors (Lipinski definition) is 2. The molecule has 1 amide bonds. The summed E-state index contributed by atoms with van der Waals surface area (Å²) in [6.07, 6.45) is 2.14. The van der Waals surface area contributed by atoms with Crippen LogP contribution in [0.2, 0.25) is 0 Å². The summed E-state index contributed by atoms with van der Waals surface area (Å²) in [6, 6.07) is 4.04. The van der Waals surface area contributed by atoms with Gasteiger partial charge in [0.05, 0.1) is 11.8 Å². The van der Waals surface area contributed by atoms with Crippen LogP contribution in [0, 0.1) is 17.5 Å². The van der Waals surface area contributed by atoms with Crippen molar-refractivity contribution in [1.82, 2.24) is 4.98 Å². The summed E-state index contributed by atoms with van der Waals surface area (Å²) in [7, 11) is 0. The summed E-state index contributed by atoms with van der Waals surface area (Å²) in [5, 5.41) is 2.25. The van der Waals surface area contributed by atoms with E-state index in [1.54, 1.807) is 0 Å². The summed E-state index contributed by atoms with van der Waals surface area (Å²) < 4.78 is 38.8. The molecule has 0 fully saturated rings. The van der Waals surface area contributed by atoms with Crippen LogP contribution in [0.5, 0.6) is 0 Å². The number of carbonyl (C=O) groups excluding carboxylic acids is 1. The van der Waals surface area contributed by atoms with Gasteiger partial charge in [-0.3, -0.25) is 9.78 Å². The Morgan fingerprint density at radius 2 is 1.83 bits per heavy atom. The molecule has 0 aliphatic heterocycles. The smallest absolute Gasteiger partial charge is 0.258 e. The average molecular weight is 252 g/mol. The predicted molar refractivity (Wildman–Crippen MR) is 58.5 cm³/mol. The monoisotopic (exact) mass is 252 g/mol. The SMILES string of the molecule is O=C(Nc1ccc(F)c(F)c1)c1ccncc1F. The number of nitrogens with zero attached hydrogens (tertiary/aromatic N) is 1. The van der Waals surface area contributed by atoms with Gasteiger partial charge in [0.2, 0.25) is 0 Å². The molecule has 92 valence electrons. The number of rotatable bonds is 2. The maximum absolute atomic E-state index is 13.2. The van der Waals surface area contributed by atoms with Crippen molar-refractivity contribution < 1.29 is 18.0 Å². The molecule has 0 aliphatic rings. The van der Waals surface area contributed by atoms with Gasteiger partial charge in [-0.15, -0.1) is 0 Å². The Kier molecular flexibility index (Phi) is 3.27. The second-order valence-corrected chi connectivity index (χ2v) is 3.44. The molecule has 2 rings (SSSR count). The van der Waals surface area contributed by atoms with E-state index >= 15 is 0 Å². The number of nitrogens with one attached hydrogen (secondary N) is 1. The molecular formula is C12H7F3N2O. The van der Waals surface area contributed by atoms with Crippen molar-refractivity contribution in [2.45, 2.75) is 0 Å². The lowest BCUT2D eigenvalue weighted by Crippen LogP contribution is -2.14. The van der Waals surface area contributed by atoms with E-state index in [-0.39, 0.29) is 11.3 Å². The number of aromatic nitrogens is 1. The Labute approximate surface area is 100 Å². The van der Waals surface area contributed by atoms with Crippen LogP contribution in [0.15, 0.2) is 36.7 Å². The Morgan fingerprint density at radius 1 is 1.06 bits per heavy atom. The van der Waals surface area contributed by atoms with Gasteiger partial charge in [0.15, 0.2) is 17.5 Å². The largest absolute Gasteiger partial charge is 0.322 e. The second-order valence-electron chi connectivity index (χ2n) is 3.44. The van der Waals surface area contributed by atoms with E-state index in [4.69, 9.17) is 0 Å². The third-order valence-electron chi connectivity index (χ3n) is 2.19. The number of halogens is 3. The molecule has 6 heteroatoms. The maximum Gasteiger partial charge on any atom is 0.258 e. The Morgan fingerprint density at radius 3 is 2.50 bits per heavy atom. The quantitative estimate of drug-likeness (QED) is 0.892. The summed E-state index contributed by atoms with van der Waals surface area (Å²) >= 11 is 0. The lowest BCUT2D eigenvalue weighted by molar-refractivity contribution is 0.102. The minimum atomic E-state index is -1.09. The van der Waals surface area contributed by atoms with Crippen LogP contribution in [0.3, 0.4) is 0 Å². The van der Waals surface area contributed by atoms with E-state index in [2.05, 4.69) is 10.3 Å². The molecule has 0 bridgehead atoms. The van der Waals surface area contributed by atoms with Crippen LogP contribution < -0.4 is 5.32 Å². The third kappa shape index (κ3) is 2.48. The molecule has 0 radical (unpaired) electrons. The molecule has 1 aromatic carbocycles. The Hall–Kier alpha value is -2.37. The molecule has 3 nitrogen and oxygen atoms in total. The average Bonchev–Trinajstić information content (AvgIpc) is 2.34. The Balaban J connectivity index is 2.22. The van der Waals surface area contributed by atoms with E-state index in [0.717, 1.165) is 18.3 Å². The molecule has 18 heavy (non-hydrogen) atoms. The van der Waals surface area contributed by atoms with Crippen molar-refractivity contribution in [3.05, 3.63) is 59.7 Å². The van der Waals surface area contributed by atoms with Crippen molar-refractivity contribution in [1.29, 1.82) is 0 Å². The first-order chi connectivity index (χ1) is 8.58. The number of pyridine rings is 1. The van der Waals surface area contributed by atoms with Crippen molar-refractivity contribution >= 4 is 11.6 Å². The van der Waals surface area contributed by atoms with Crippen molar-refractivity contribution in [3.8, 4) is 0 Å². The van der Waals surface area contributed by atoms with Gasteiger partial charge in [-0.2, -0.15) is 0 Å². The highest BCUT2D eigenvalue weighted by atomic mass is 19.2. The minimum absolute atomic E-state index is 0.0371. The topological polar surface area (TPSA) is 42.0 Å². The van der Waals surface area contributed by atoms with Gasteiger partial charge in [0.1, 0.15) is 0 Å². The zero-order chi connectivity index (χ0) is 13.1. The lowest BCUT2D eigenvalue weighted by atomic mass is 10.2. The number of anilines is 1. The van der Waals surface area contributed by atoms with E-state index in [1.807, 2.05) is 0 Å². The molecule has 0 saturated carbocycles. The lowest BCUT2D eigenvalue weighted by Gasteiger charge is -2.06. The van der Waals surface area contributed by atoms with Crippen LogP contribution in [-0.2, 0) is 0 Å². The second kappa shape index (κ2) is 4.87. The van der Waals surface area contributed by atoms with Crippen LogP contribution in [0.4, 0.5) is 18.9 Å². The molecule has 1 N–H and O–H groups in total. The summed E-state index contributed by atoms with van der Waals surface area (Å²) in [5.41, 5.74) is -0.190. The van der Waals surface area contributed by atoms with E-state index in [1.165, 1.54) is 18.3 Å². The summed E-state index contributed by atoms with van der Waals surface area (Å²) in [5.74, 6) is -3.68. The van der Waals surface area contributed by atoms with Crippen molar-refractivity contribution in [3.63, 3.8) is 0 Å². The maximum atomic E-state index is 13.2. The molecule has 2 aromatic rings. The molecule has 0 atom stereocenters. The highest BCUT2D eigenvalue weighted by molar-refractivity contribution is 6.04. The van der Waals surface area contributed by atoms with Gasteiger partial charge < -0.3 is 5.32 Å². The van der Waals surface area contributed by atoms with Gasteiger partial charge >= 0.3 is 0 Å². The van der Waals surface area contributed by atoms with Crippen molar-refractivity contribution in [2.24, 2.45) is 0 Å². The number of carbonyl (C=O) groups is 1. The molecule has 0 aliphatic carbocycles. The first-order valence-electron chi connectivity index (χ1n) is 4.94. The fourth-order valence-electron chi connectivity index (χ4n) is 1.33. The predicted octanol–water partition coefficient (Wildman–Crippen LogP) is 2.75. The van der Waals surface area contributed by atoms with Gasteiger partial charge in [0, 0.05) is 18.0 Å². The molecule has 0 unspecified atom stereocenters. The molecule has 1 aromatic heterocycles. The highest BCUT2D eigenvalue weighted by Crippen LogP contribution is 2.15. The number of amides is 1. The Bertz CT molecular complexity index is 602. The van der Waals surface area contributed by atoms with Gasteiger partial charge in [-0.25, -0.2) is 13.2 Å². The van der Waals surface area contributed by atoms with Crippen LogP contribution >= 0.6 is 0 Å². The summed E-state index contributed by atoms with van der Waals surface area (Å²) in [4.78, 5) is 15.1. The normalized spacial score (nSPS) is 10.2. The zero-order valence-electron chi connectivity index (χ0n) is 8.95. The molecule has 0 spiro atoms. The summed E-state index contributed by atoms with van der Waals surface area (Å²) in [6.45, 7) is 0. The first-order valence-corrected chi connectivity index (χ1v) is 4.94. The van der Waals surface area contributed by atoms with Crippen LogP contribution in [-0.4, -0.2) is 10.9 Å². The van der Waals surface area contributed by atoms with Crippen LogP contribution in [0.25, 0.3) is 0 Å². The van der Waals surface area contributed by atoms with E-state index < -0.39 is 23.4 Å². The fourth-order valence-corrected chi connectivity index (χ4v) is 1.33. The minimum Gasteiger partial charge on any atom is -0.322 e. The first kappa shape index (κ1) is 12.1. The highest BCUT2D eigenvalue weighted by Gasteiger charge is 2.12.